The van der Waals surface area contributed by atoms with Crippen LogP contribution in [0.1, 0.15) is 17.2 Å². The summed E-state index contributed by atoms with van der Waals surface area (Å²) in [6, 6.07) is 25.9. The molecule has 5 nitrogen and oxygen atoms in total. The normalized spacial score (nSPS) is 11.8. The van der Waals surface area contributed by atoms with Crippen LogP contribution in [0.2, 0.25) is 0 Å². The summed E-state index contributed by atoms with van der Waals surface area (Å²) in [6.07, 6.45) is 0.680. The van der Waals surface area contributed by atoms with E-state index >= 15 is 0 Å². The second kappa shape index (κ2) is 10.0. The fourth-order valence-corrected chi connectivity index (χ4v) is 3.74. The second-order valence-corrected chi connectivity index (χ2v) is 7.79. The molecule has 0 fully saturated rings. The molecule has 0 radical (unpaired) electrons. The van der Waals surface area contributed by atoms with E-state index < -0.39 is 5.82 Å². The van der Waals surface area contributed by atoms with E-state index in [1.54, 1.807) is 18.2 Å². The number of rotatable bonds is 8. The van der Waals surface area contributed by atoms with E-state index in [0.29, 0.717) is 6.42 Å². The molecule has 0 aliphatic heterocycles. The predicted octanol–water partition coefficient (Wildman–Crippen LogP) is 5.07. The van der Waals surface area contributed by atoms with Crippen molar-refractivity contribution in [2.24, 2.45) is 0 Å². The van der Waals surface area contributed by atoms with Gasteiger partial charge in [-0.3, -0.25) is 4.79 Å². The van der Waals surface area contributed by atoms with Gasteiger partial charge in [-0.15, -0.1) is 10.2 Å². The van der Waals surface area contributed by atoms with Gasteiger partial charge in [0.15, 0.2) is 0 Å². The van der Waals surface area contributed by atoms with E-state index in [-0.39, 0.29) is 34.4 Å². The lowest BCUT2D eigenvalue weighted by molar-refractivity contribution is -0.119. The number of carbonyl (C=O) groups excluding carboxylic acids is 1. The number of hydrogen-bond acceptors (Lipinski definition) is 5. The molecule has 3 aromatic carbocycles. The number of thioether (sulfide) groups is 1. The molecule has 4 aromatic rings. The predicted molar refractivity (Wildman–Crippen MR) is 118 cm³/mol. The Hall–Kier alpha value is -3.45. The van der Waals surface area contributed by atoms with E-state index in [1.165, 1.54) is 6.07 Å². The minimum Gasteiger partial charge on any atom is -0.411 e. The minimum absolute atomic E-state index is 0.0900. The maximum absolute atomic E-state index is 13.9. The molecular weight excluding hydrogens is 413 g/mol. The molecule has 7 heteroatoms. The molecule has 0 saturated carbocycles. The number of hydrogen-bond donors (Lipinski definition) is 1. The van der Waals surface area contributed by atoms with Gasteiger partial charge in [0.1, 0.15) is 5.82 Å². The summed E-state index contributed by atoms with van der Waals surface area (Å²) in [5.74, 6) is -0.392. The fourth-order valence-electron chi connectivity index (χ4n) is 3.16. The van der Waals surface area contributed by atoms with Gasteiger partial charge in [0.05, 0.1) is 17.4 Å². The number of aromatic nitrogens is 2. The highest BCUT2D eigenvalue weighted by Crippen LogP contribution is 2.25. The van der Waals surface area contributed by atoms with Gasteiger partial charge in [-0.2, -0.15) is 0 Å². The summed E-state index contributed by atoms with van der Waals surface area (Å²) in [4.78, 5) is 12.6. The fraction of sp³-hybridized carbons (Fsp3) is 0.125. The highest BCUT2D eigenvalue weighted by molar-refractivity contribution is 7.99. The van der Waals surface area contributed by atoms with Crippen molar-refractivity contribution >= 4 is 17.7 Å². The summed E-state index contributed by atoms with van der Waals surface area (Å²) in [5.41, 5.74) is 2.40. The zero-order valence-electron chi connectivity index (χ0n) is 16.6. The monoisotopic (exact) mass is 433 g/mol. The van der Waals surface area contributed by atoms with Gasteiger partial charge in [-0.05, 0) is 29.7 Å². The van der Waals surface area contributed by atoms with Crippen LogP contribution in [0, 0.1) is 5.82 Å². The molecule has 156 valence electrons. The summed E-state index contributed by atoms with van der Waals surface area (Å²) in [7, 11) is 0. The maximum Gasteiger partial charge on any atom is 0.277 e. The van der Waals surface area contributed by atoms with Crippen LogP contribution in [0.3, 0.4) is 0 Å². The van der Waals surface area contributed by atoms with Crippen LogP contribution < -0.4 is 5.32 Å². The first-order chi connectivity index (χ1) is 15.2. The van der Waals surface area contributed by atoms with Crippen molar-refractivity contribution in [2.45, 2.75) is 17.7 Å². The first-order valence-electron chi connectivity index (χ1n) is 9.78. The molecule has 1 heterocycles. The van der Waals surface area contributed by atoms with Crippen LogP contribution in [-0.4, -0.2) is 21.9 Å². The van der Waals surface area contributed by atoms with Gasteiger partial charge in [-0.1, -0.05) is 84.6 Å². The lowest BCUT2D eigenvalue weighted by Crippen LogP contribution is -2.31. The van der Waals surface area contributed by atoms with Crippen LogP contribution in [-0.2, 0) is 11.2 Å². The van der Waals surface area contributed by atoms with E-state index in [2.05, 4.69) is 15.5 Å². The van der Waals surface area contributed by atoms with Gasteiger partial charge in [0, 0.05) is 0 Å². The molecule has 0 spiro atoms. The Morgan fingerprint density at radius 2 is 1.61 bits per heavy atom. The molecule has 31 heavy (non-hydrogen) atoms. The number of benzene rings is 3. The summed E-state index contributed by atoms with van der Waals surface area (Å²) in [5, 5.41) is 11.1. The molecule has 0 aliphatic carbocycles. The van der Waals surface area contributed by atoms with Gasteiger partial charge < -0.3 is 9.73 Å². The third-order valence-corrected chi connectivity index (χ3v) is 5.48. The maximum atomic E-state index is 13.9. The topological polar surface area (TPSA) is 68.0 Å². The Labute approximate surface area is 183 Å². The van der Waals surface area contributed by atoms with Crippen LogP contribution in [0.15, 0.2) is 94.6 Å². The van der Waals surface area contributed by atoms with Gasteiger partial charge in [-0.25, -0.2) is 4.39 Å². The van der Waals surface area contributed by atoms with Crippen molar-refractivity contribution in [3.8, 4) is 11.5 Å². The summed E-state index contributed by atoms with van der Waals surface area (Å²) in [6.45, 7) is 0. The van der Waals surface area contributed by atoms with Crippen molar-refractivity contribution in [3.05, 3.63) is 102 Å². The zero-order valence-corrected chi connectivity index (χ0v) is 17.4. The SMILES string of the molecule is O=C(CSc1nnc(-c2ccccc2F)o1)N[C@H](Cc1ccccc1)c1ccccc1. The molecule has 0 bridgehead atoms. The first-order valence-corrected chi connectivity index (χ1v) is 10.8. The van der Waals surface area contributed by atoms with Crippen LogP contribution in [0.25, 0.3) is 11.5 Å². The minimum atomic E-state index is -0.438. The van der Waals surface area contributed by atoms with E-state index in [1.807, 2.05) is 60.7 Å². The number of carbonyl (C=O) groups is 1. The Bertz CT molecular complexity index is 1140. The van der Waals surface area contributed by atoms with Crippen molar-refractivity contribution < 1.29 is 13.6 Å². The molecular formula is C24H20FN3O2S. The van der Waals surface area contributed by atoms with Gasteiger partial charge >= 0.3 is 0 Å². The molecule has 1 N–H and O–H groups in total. The molecule has 1 atom stereocenters. The summed E-state index contributed by atoms with van der Waals surface area (Å²) >= 11 is 1.12. The third-order valence-electron chi connectivity index (χ3n) is 4.66. The van der Waals surface area contributed by atoms with E-state index in [4.69, 9.17) is 4.42 Å². The van der Waals surface area contributed by atoms with Crippen LogP contribution in [0.4, 0.5) is 4.39 Å². The highest BCUT2D eigenvalue weighted by atomic mass is 32.2. The molecule has 0 aliphatic rings. The molecule has 1 aromatic heterocycles. The Balaban J connectivity index is 1.40. The quantitative estimate of drug-likeness (QED) is 0.393. The molecule has 0 unspecified atom stereocenters. The second-order valence-electron chi connectivity index (χ2n) is 6.86. The van der Waals surface area contributed by atoms with Gasteiger partial charge in [0.2, 0.25) is 5.91 Å². The average Bonchev–Trinajstić information content (AvgIpc) is 3.28. The Morgan fingerprint density at radius 3 is 2.35 bits per heavy atom. The lowest BCUT2D eigenvalue weighted by atomic mass is 9.99. The first kappa shape index (κ1) is 20.8. The standard InChI is InChI=1S/C24H20FN3O2S/c25-20-14-8-7-13-19(20)23-27-28-24(30-23)31-16-22(29)26-21(18-11-5-2-6-12-18)15-17-9-3-1-4-10-17/h1-14,21H,15-16H2,(H,26,29)/t21-/m1/s1. The number of halogens is 1. The van der Waals surface area contributed by atoms with Crippen molar-refractivity contribution in [3.63, 3.8) is 0 Å². The third kappa shape index (κ3) is 5.58. The van der Waals surface area contributed by atoms with Crippen LogP contribution >= 0.6 is 11.8 Å². The largest absolute Gasteiger partial charge is 0.411 e. The Kier molecular flexibility index (Phi) is 6.74. The smallest absolute Gasteiger partial charge is 0.277 e. The van der Waals surface area contributed by atoms with Crippen molar-refractivity contribution in [1.29, 1.82) is 0 Å². The summed E-state index contributed by atoms with van der Waals surface area (Å²) < 4.78 is 19.4. The number of nitrogens with one attached hydrogen (secondary N) is 1. The van der Waals surface area contributed by atoms with Gasteiger partial charge in [0.25, 0.3) is 11.1 Å². The molecule has 0 saturated heterocycles. The number of nitrogens with zero attached hydrogens (tertiary/aromatic N) is 2. The number of amides is 1. The Morgan fingerprint density at radius 1 is 0.935 bits per heavy atom. The molecule has 1 amide bonds. The van der Waals surface area contributed by atoms with E-state index in [9.17, 15) is 9.18 Å². The van der Waals surface area contributed by atoms with Crippen molar-refractivity contribution in [2.75, 3.05) is 5.75 Å². The van der Waals surface area contributed by atoms with E-state index in [0.717, 1.165) is 22.9 Å². The zero-order chi connectivity index (χ0) is 21.5. The molecule has 4 rings (SSSR count). The van der Waals surface area contributed by atoms with Crippen LogP contribution in [0.5, 0.6) is 0 Å². The van der Waals surface area contributed by atoms with Crippen molar-refractivity contribution in [1.82, 2.24) is 15.5 Å². The average molecular weight is 434 g/mol. The highest BCUT2D eigenvalue weighted by Gasteiger charge is 2.17. The lowest BCUT2D eigenvalue weighted by Gasteiger charge is -2.19.